The fourth-order valence-electron chi connectivity index (χ4n) is 4.05. The van der Waals surface area contributed by atoms with Gasteiger partial charge in [-0.1, -0.05) is 11.6 Å². The minimum Gasteiger partial charge on any atom is -0.460 e. The van der Waals surface area contributed by atoms with Crippen LogP contribution in [0.1, 0.15) is 40.4 Å². The van der Waals surface area contributed by atoms with Gasteiger partial charge in [-0.2, -0.15) is 0 Å². The number of carbonyl (C=O) groups excluding carboxylic acids is 1. The van der Waals surface area contributed by atoms with Crippen molar-refractivity contribution < 1.29 is 22.4 Å². The number of furan rings is 1. The van der Waals surface area contributed by atoms with Crippen LogP contribution in [0.2, 0.25) is 5.02 Å². The second-order valence-electron chi connectivity index (χ2n) is 8.21. The van der Waals surface area contributed by atoms with Crippen molar-refractivity contribution in [2.24, 2.45) is 0 Å². The molecule has 0 saturated heterocycles. The highest BCUT2D eigenvalue weighted by molar-refractivity contribution is 9.10. The molecular formula is C26H26BrClN2O5S2. The molecule has 2 heterocycles. The number of rotatable bonds is 10. The summed E-state index contributed by atoms with van der Waals surface area (Å²) in [6, 6.07) is 11.8. The summed E-state index contributed by atoms with van der Waals surface area (Å²) in [5.74, 6) is -0.508. The van der Waals surface area contributed by atoms with E-state index in [9.17, 15) is 13.2 Å². The molecule has 2 aromatic heterocycles. The standard InChI is InChI=1S/C26H26BrClN2O5S2/c1-4-30(23-8-6-19(28)10-17(23)13-29-14-20-11-18(27)15-36-20)37(32,33)21-7-9-24-22(12-21)16(3)25(35-24)26(31)34-5-2/h6-12,15,29H,4-5,13-14H2,1-3H3. The molecule has 0 bridgehead atoms. The number of anilines is 1. The van der Waals surface area contributed by atoms with Crippen molar-refractivity contribution in [3.63, 3.8) is 0 Å². The zero-order chi connectivity index (χ0) is 26.7. The Hall–Kier alpha value is -2.37. The first-order valence-corrected chi connectivity index (χ1v) is 15.1. The third-order valence-corrected chi connectivity index (χ3v) is 9.61. The zero-order valence-corrected chi connectivity index (χ0v) is 24.5. The van der Waals surface area contributed by atoms with E-state index < -0.39 is 16.0 Å². The summed E-state index contributed by atoms with van der Waals surface area (Å²) in [5.41, 5.74) is 2.26. The van der Waals surface area contributed by atoms with Crippen molar-refractivity contribution in [2.45, 2.75) is 38.8 Å². The van der Waals surface area contributed by atoms with Crippen LogP contribution in [-0.2, 0) is 27.8 Å². The Morgan fingerprint density at radius 1 is 1.16 bits per heavy atom. The lowest BCUT2D eigenvalue weighted by atomic mass is 10.1. The Balaban J connectivity index is 1.66. The molecular weight excluding hydrogens is 600 g/mol. The minimum atomic E-state index is -3.94. The number of esters is 1. The molecule has 11 heteroatoms. The lowest BCUT2D eigenvalue weighted by Crippen LogP contribution is -2.32. The van der Waals surface area contributed by atoms with Crippen LogP contribution >= 0.6 is 38.9 Å². The summed E-state index contributed by atoms with van der Waals surface area (Å²) in [6.07, 6.45) is 0. The van der Waals surface area contributed by atoms with Crippen molar-refractivity contribution in [3.8, 4) is 0 Å². The van der Waals surface area contributed by atoms with E-state index in [2.05, 4.69) is 21.2 Å². The maximum Gasteiger partial charge on any atom is 0.374 e. The summed E-state index contributed by atoms with van der Waals surface area (Å²) >= 11 is 11.4. The Labute approximate surface area is 233 Å². The van der Waals surface area contributed by atoms with E-state index in [1.54, 1.807) is 56.4 Å². The van der Waals surface area contributed by atoms with E-state index in [4.69, 9.17) is 20.8 Å². The summed E-state index contributed by atoms with van der Waals surface area (Å²) in [6.45, 7) is 6.70. The number of thiophene rings is 1. The molecule has 37 heavy (non-hydrogen) atoms. The molecule has 1 N–H and O–H groups in total. The van der Waals surface area contributed by atoms with Crippen LogP contribution in [-0.4, -0.2) is 27.5 Å². The number of hydrogen-bond acceptors (Lipinski definition) is 7. The van der Waals surface area contributed by atoms with E-state index in [0.29, 0.717) is 40.3 Å². The average Bonchev–Trinajstić information content (AvgIpc) is 3.43. The quantitative estimate of drug-likeness (QED) is 0.193. The number of benzene rings is 2. The predicted octanol–water partition coefficient (Wildman–Crippen LogP) is 6.90. The lowest BCUT2D eigenvalue weighted by molar-refractivity contribution is 0.0491. The summed E-state index contributed by atoms with van der Waals surface area (Å²) < 4.78 is 40.8. The molecule has 0 aliphatic carbocycles. The fraction of sp³-hybridized carbons (Fsp3) is 0.269. The first-order valence-electron chi connectivity index (χ1n) is 11.6. The molecule has 0 unspecified atom stereocenters. The molecule has 0 saturated carbocycles. The monoisotopic (exact) mass is 624 g/mol. The molecule has 0 aliphatic rings. The number of nitrogens with zero attached hydrogens (tertiary/aromatic N) is 1. The number of nitrogens with one attached hydrogen (secondary N) is 1. The van der Waals surface area contributed by atoms with Crippen molar-refractivity contribution in [1.82, 2.24) is 5.32 Å². The summed E-state index contributed by atoms with van der Waals surface area (Å²) in [4.78, 5) is 13.5. The van der Waals surface area contributed by atoms with Gasteiger partial charge in [0.15, 0.2) is 0 Å². The molecule has 0 atom stereocenters. The normalized spacial score (nSPS) is 11.7. The van der Waals surface area contributed by atoms with Gasteiger partial charge in [-0.3, -0.25) is 4.31 Å². The second-order valence-corrected chi connectivity index (χ2v) is 12.4. The van der Waals surface area contributed by atoms with Crippen molar-refractivity contribution in [1.29, 1.82) is 0 Å². The lowest BCUT2D eigenvalue weighted by Gasteiger charge is -2.26. The zero-order valence-electron chi connectivity index (χ0n) is 20.5. The molecule has 2 aromatic carbocycles. The molecule has 196 valence electrons. The van der Waals surface area contributed by atoms with Gasteiger partial charge >= 0.3 is 5.97 Å². The molecule has 4 aromatic rings. The first-order chi connectivity index (χ1) is 17.6. The summed E-state index contributed by atoms with van der Waals surface area (Å²) in [7, 11) is -3.94. The van der Waals surface area contributed by atoms with Gasteiger partial charge < -0.3 is 14.5 Å². The number of carbonyl (C=O) groups is 1. The van der Waals surface area contributed by atoms with Gasteiger partial charge in [-0.05, 0) is 84.7 Å². The number of ether oxygens (including phenoxy) is 1. The number of fused-ring (bicyclic) bond motifs is 1. The highest BCUT2D eigenvalue weighted by atomic mass is 79.9. The van der Waals surface area contributed by atoms with E-state index in [0.717, 1.165) is 14.9 Å². The van der Waals surface area contributed by atoms with Crippen LogP contribution < -0.4 is 9.62 Å². The van der Waals surface area contributed by atoms with Gasteiger partial charge in [0, 0.05) is 50.3 Å². The third kappa shape index (κ3) is 5.88. The smallest absolute Gasteiger partial charge is 0.374 e. The van der Waals surface area contributed by atoms with Crippen LogP contribution in [0.3, 0.4) is 0 Å². The van der Waals surface area contributed by atoms with Crippen LogP contribution in [0.25, 0.3) is 11.0 Å². The van der Waals surface area contributed by atoms with Gasteiger partial charge in [0.25, 0.3) is 10.0 Å². The number of sulfonamides is 1. The Kier molecular flexibility index (Phi) is 8.65. The predicted molar refractivity (Wildman–Crippen MR) is 151 cm³/mol. The topological polar surface area (TPSA) is 88.8 Å². The molecule has 7 nitrogen and oxygen atoms in total. The Morgan fingerprint density at radius 3 is 2.62 bits per heavy atom. The van der Waals surface area contributed by atoms with Gasteiger partial charge in [-0.25, -0.2) is 13.2 Å². The molecule has 0 amide bonds. The van der Waals surface area contributed by atoms with E-state index in [1.807, 2.05) is 11.4 Å². The molecule has 4 rings (SSSR count). The highest BCUT2D eigenvalue weighted by Gasteiger charge is 2.27. The largest absolute Gasteiger partial charge is 0.460 e. The first kappa shape index (κ1) is 27.7. The Morgan fingerprint density at radius 2 is 1.95 bits per heavy atom. The second kappa shape index (κ2) is 11.6. The Bertz CT molecular complexity index is 1550. The number of aryl methyl sites for hydroxylation is 1. The fourth-order valence-corrected chi connectivity index (χ4v) is 7.21. The van der Waals surface area contributed by atoms with Gasteiger partial charge in [0.05, 0.1) is 17.2 Å². The van der Waals surface area contributed by atoms with Crippen molar-refractivity contribution >= 4 is 71.5 Å². The maximum absolute atomic E-state index is 13.8. The highest BCUT2D eigenvalue weighted by Crippen LogP contribution is 2.33. The number of halogens is 2. The van der Waals surface area contributed by atoms with Crippen LogP contribution in [0, 0.1) is 6.92 Å². The van der Waals surface area contributed by atoms with Crippen LogP contribution in [0.5, 0.6) is 0 Å². The van der Waals surface area contributed by atoms with Gasteiger partial charge in [0.2, 0.25) is 5.76 Å². The van der Waals surface area contributed by atoms with Crippen LogP contribution in [0.15, 0.2) is 61.6 Å². The third-order valence-electron chi connectivity index (χ3n) is 5.79. The van der Waals surface area contributed by atoms with E-state index in [1.165, 1.54) is 16.4 Å². The maximum atomic E-state index is 13.8. The molecule has 0 fully saturated rings. The molecule has 0 radical (unpaired) electrons. The average molecular weight is 626 g/mol. The molecule has 0 spiro atoms. The van der Waals surface area contributed by atoms with E-state index >= 15 is 0 Å². The minimum absolute atomic E-state index is 0.0718. The van der Waals surface area contributed by atoms with Gasteiger partial charge in [-0.15, -0.1) is 11.3 Å². The van der Waals surface area contributed by atoms with Crippen molar-refractivity contribution in [2.75, 3.05) is 17.5 Å². The molecule has 0 aliphatic heterocycles. The van der Waals surface area contributed by atoms with Crippen LogP contribution in [0.4, 0.5) is 5.69 Å². The van der Waals surface area contributed by atoms with Crippen molar-refractivity contribution in [3.05, 3.63) is 79.1 Å². The van der Waals surface area contributed by atoms with E-state index in [-0.39, 0.29) is 23.8 Å². The SMILES string of the molecule is CCOC(=O)c1oc2ccc(S(=O)(=O)N(CC)c3ccc(Cl)cc3CNCc3cc(Br)cs3)cc2c1C. The number of hydrogen-bond donors (Lipinski definition) is 1. The van der Waals surface area contributed by atoms with Gasteiger partial charge in [0.1, 0.15) is 5.58 Å². The summed E-state index contributed by atoms with van der Waals surface area (Å²) in [5, 5.41) is 6.46.